The zero-order valence-corrected chi connectivity index (χ0v) is 15.3. The summed E-state index contributed by atoms with van der Waals surface area (Å²) in [5.41, 5.74) is 2.52. The minimum atomic E-state index is -0.0762. The van der Waals surface area contributed by atoms with Crippen LogP contribution in [-0.4, -0.2) is 64.9 Å². The first-order valence-electron chi connectivity index (χ1n) is 8.67. The standard InChI is InChI=1S/C18H29N5O2/c1-14-4-6-16(7-5-14)23-10-8-15(13-23)22-18(19-2)21-12-17(24)20-9-11-25-3/h4-7,15H,8-13H2,1-3H3,(H,20,24)(H2,19,21,22). The maximum atomic E-state index is 11.7. The average molecular weight is 347 g/mol. The van der Waals surface area contributed by atoms with E-state index in [1.54, 1.807) is 14.2 Å². The molecule has 25 heavy (non-hydrogen) atoms. The summed E-state index contributed by atoms with van der Waals surface area (Å²) in [5, 5.41) is 9.22. The number of benzene rings is 1. The van der Waals surface area contributed by atoms with Crippen molar-refractivity contribution in [3.8, 4) is 0 Å². The van der Waals surface area contributed by atoms with Gasteiger partial charge in [0.25, 0.3) is 0 Å². The molecule has 1 aliphatic heterocycles. The lowest BCUT2D eigenvalue weighted by Crippen LogP contribution is -2.47. The Balaban J connectivity index is 1.75. The van der Waals surface area contributed by atoms with Gasteiger partial charge in [-0.05, 0) is 25.5 Å². The Labute approximate surface area is 149 Å². The molecule has 0 saturated carbocycles. The van der Waals surface area contributed by atoms with Crippen LogP contribution in [0.25, 0.3) is 0 Å². The number of hydrogen-bond donors (Lipinski definition) is 3. The molecule has 1 amide bonds. The summed E-state index contributed by atoms with van der Waals surface area (Å²) >= 11 is 0. The molecule has 0 aliphatic carbocycles. The van der Waals surface area contributed by atoms with Crippen molar-refractivity contribution < 1.29 is 9.53 Å². The summed E-state index contributed by atoms with van der Waals surface area (Å²) in [6, 6.07) is 8.91. The fraction of sp³-hybridized carbons (Fsp3) is 0.556. The van der Waals surface area contributed by atoms with E-state index < -0.39 is 0 Å². The SMILES string of the molecule is CN=C(NCC(=O)NCCOC)NC1CCN(c2ccc(C)cc2)C1. The van der Waals surface area contributed by atoms with Crippen LogP contribution in [0.15, 0.2) is 29.3 Å². The minimum absolute atomic E-state index is 0.0762. The molecule has 7 heteroatoms. The van der Waals surface area contributed by atoms with Crippen LogP contribution in [0.4, 0.5) is 5.69 Å². The number of hydrogen-bond acceptors (Lipinski definition) is 4. The normalized spacial score (nSPS) is 17.5. The number of carbonyl (C=O) groups is 1. The van der Waals surface area contributed by atoms with Crippen molar-refractivity contribution in [2.75, 3.05) is 51.8 Å². The molecule has 0 radical (unpaired) electrons. The molecule has 2 rings (SSSR count). The lowest BCUT2D eigenvalue weighted by Gasteiger charge is -2.20. The Morgan fingerprint density at radius 1 is 1.32 bits per heavy atom. The van der Waals surface area contributed by atoms with Crippen LogP contribution >= 0.6 is 0 Å². The summed E-state index contributed by atoms with van der Waals surface area (Å²) < 4.78 is 4.90. The molecular weight excluding hydrogens is 318 g/mol. The van der Waals surface area contributed by atoms with Gasteiger partial charge in [-0.25, -0.2) is 0 Å². The zero-order chi connectivity index (χ0) is 18.1. The molecule has 1 unspecified atom stereocenters. The van der Waals surface area contributed by atoms with Crippen molar-refractivity contribution in [2.24, 2.45) is 4.99 Å². The molecule has 1 heterocycles. The maximum absolute atomic E-state index is 11.7. The molecule has 1 aliphatic rings. The van der Waals surface area contributed by atoms with Crippen molar-refractivity contribution in [3.63, 3.8) is 0 Å². The summed E-state index contributed by atoms with van der Waals surface area (Å²) in [6.07, 6.45) is 1.04. The number of aryl methyl sites for hydroxylation is 1. The van der Waals surface area contributed by atoms with Crippen molar-refractivity contribution >= 4 is 17.6 Å². The molecule has 1 fully saturated rings. The Bertz CT molecular complexity index is 573. The number of ether oxygens (including phenoxy) is 1. The summed E-state index contributed by atoms with van der Waals surface area (Å²) in [7, 11) is 3.32. The second-order valence-electron chi connectivity index (χ2n) is 6.18. The van der Waals surface area contributed by atoms with Crippen LogP contribution in [0.5, 0.6) is 0 Å². The molecule has 0 spiro atoms. The molecule has 7 nitrogen and oxygen atoms in total. The Hall–Kier alpha value is -2.28. The van der Waals surface area contributed by atoms with E-state index in [1.165, 1.54) is 11.3 Å². The quantitative estimate of drug-likeness (QED) is 0.380. The van der Waals surface area contributed by atoms with Crippen LogP contribution in [0.2, 0.25) is 0 Å². The number of guanidine groups is 1. The van der Waals surface area contributed by atoms with Crippen molar-refractivity contribution in [3.05, 3.63) is 29.8 Å². The maximum Gasteiger partial charge on any atom is 0.239 e. The van der Waals surface area contributed by atoms with Crippen molar-refractivity contribution in [1.82, 2.24) is 16.0 Å². The molecule has 1 saturated heterocycles. The average Bonchev–Trinajstić information content (AvgIpc) is 3.08. The lowest BCUT2D eigenvalue weighted by molar-refractivity contribution is -0.120. The van der Waals surface area contributed by atoms with Gasteiger partial charge in [0.1, 0.15) is 0 Å². The number of nitrogens with one attached hydrogen (secondary N) is 3. The van der Waals surface area contributed by atoms with Gasteiger partial charge in [0, 0.05) is 45.5 Å². The van der Waals surface area contributed by atoms with E-state index in [9.17, 15) is 4.79 Å². The van der Waals surface area contributed by atoms with Crippen LogP contribution in [0.1, 0.15) is 12.0 Å². The van der Waals surface area contributed by atoms with Crippen molar-refractivity contribution in [1.29, 1.82) is 0 Å². The third kappa shape index (κ3) is 6.26. The molecule has 0 bridgehead atoms. The molecule has 1 atom stereocenters. The number of carbonyl (C=O) groups excluding carboxylic acids is 1. The Kier molecular flexibility index (Phi) is 7.53. The lowest BCUT2D eigenvalue weighted by atomic mass is 10.2. The van der Waals surface area contributed by atoms with Gasteiger partial charge in [0.2, 0.25) is 5.91 Å². The molecule has 0 aromatic heterocycles. The van der Waals surface area contributed by atoms with E-state index in [0.29, 0.717) is 25.2 Å². The Morgan fingerprint density at radius 2 is 2.08 bits per heavy atom. The molecule has 1 aromatic carbocycles. The predicted octanol–water partition coefficient (Wildman–Crippen LogP) is 0.501. The third-order valence-electron chi connectivity index (χ3n) is 4.20. The van der Waals surface area contributed by atoms with E-state index in [1.807, 2.05) is 0 Å². The molecule has 3 N–H and O–H groups in total. The summed E-state index contributed by atoms with van der Waals surface area (Å²) in [5.74, 6) is 0.574. The number of nitrogens with zero attached hydrogens (tertiary/aromatic N) is 2. The van der Waals surface area contributed by atoms with E-state index in [2.05, 4.69) is 57.0 Å². The molecular formula is C18H29N5O2. The van der Waals surface area contributed by atoms with Crippen LogP contribution in [0.3, 0.4) is 0 Å². The van der Waals surface area contributed by atoms with Crippen LogP contribution < -0.4 is 20.9 Å². The summed E-state index contributed by atoms with van der Waals surface area (Å²) in [6.45, 7) is 5.24. The van der Waals surface area contributed by atoms with Crippen LogP contribution in [0, 0.1) is 6.92 Å². The number of methoxy groups -OCH3 is 1. The van der Waals surface area contributed by atoms with Gasteiger partial charge in [0.15, 0.2) is 5.96 Å². The van der Waals surface area contributed by atoms with Gasteiger partial charge in [-0.2, -0.15) is 0 Å². The van der Waals surface area contributed by atoms with E-state index >= 15 is 0 Å². The predicted molar refractivity (Wildman–Crippen MR) is 101 cm³/mol. The van der Waals surface area contributed by atoms with Crippen molar-refractivity contribution in [2.45, 2.75) is 19.4 Å². The highest BCUT2D eigenvalue weighted by atomic mass is 16.5. The van der Waals surface area contributed by atoms with Gasteiger partial charge in [-0.1, -0.05) is 17.7 Å². The zero-order valence-electron chi connectivity index (χ0n) is 15.3. The first-order valence-corrected chi connectivity index (χ1v) is 8.67. The highest BCUT2D eigenvalue weighted by Gasteiger charge is 2.23. The minimum Gasteiger partial charge on any atom is -0.383 e. The number of amides is 1. The smallest absolute Gasteiger partial charge is 0.239 e. The fourth-order valence-corrected chi connectivity index (χ4v) is 2.78. The largest absolute Gasteiger partial charge is 0.383 e. The van der Waals surface area contributed by atoms with Gasteiger partial charge in [0.05, 0.1) is 13.2 Å². The van der Waals surface area contributed by atoms with E-state index in [0.717, 1.165) is 19.5 Å². The number of rotatable bonds is 7. The van der Waals surface area contributed by atoms with Gasteiger partial charge >= 0.3 is 0 Å². The van der Waals surface area contributed by atoms with Gasteiger partial charge in [-0.3, -0.25) is 9.79 Å². The fourth-order valence-electron chi connectivity index (χ4n) is 2.78. The molecule has 1 aromatic rings. The second-order valence-corrected chi connectivity index (χ2v) is 6.18. The van der Waals surface area contributed by atoms with Gasteiger partial charge < -0.3 is 25.6 Å². The highest BCUT2D eigenvalue weighted by molar-refractivity contribution is 5.86. The second kappa shape index (κ2) is 9.88. The molecule has 138 valence electrons. The van der Waals surface area contributed by atoms with E-state index in [-0.39, 0.29) is 12.5 Å². The first-order chi connectivity index (χ1) is 12.1. The third-order valence-corrected chi connectivity index (χ3v) is 4.20. The highest BCUT2D eigenvalue weighted by Crippen LogP contribution is 2.20. The number of anilines is 1. The topological polar surface area (TPSA) is 78.0 Å². The first kappa shape index (κ1) is 19.1. The van der Waals surface area contributed by atoms with Gasteiger partial charge in [-0.15, -0.1) is 0 Å². The summed E-state index contributed by atoms with van der Waals surface area (Å²) in [4.78, 5) is 18.3. The van der Waals surface area contributed by atoms with E-state index in [4.69, 9.17) is 4.74 Å². The Morgan fingerprint density at radius 3 is 2.76 bits per heavy atom. The number of aliphatic imine (C=N–C) groups is 1. The monoisotopic (exact) mass is 347 g/mol. The van der Waals surface area contributed by atoms with Crippen LogP contribution in [-0.2, 0) is 9.53 Å².